The molecule has 1 amide bonds. The zero-order valence-electron chi connectivity index (χ0n) is 14.1. The summed E-state index contributed by atoms with van der Waals surface area (Å²) in [6.07, 6.45) is 0.622. The summed E-state index contributed by atoms with van der Waals surface area (Å²) in [5, 5.41) is 18.0. The van der Waals surface area contributed by atoms with E-state index in [1.54, 1.807) is 16.2 Å². The maximum absolute atomic E-state index is 12.7. The third-order valence-electron chi connectivity index (χ3n) is 4.46. The van der Waals surface area contributed by atoms with Gasteiger partial charge in [-0.25, -0.2) is 0 Å². The molecular formula is C17H22N4O3S. The van der Waals surface area contributed by atoms with Crippen LogP contribution in [0, 0.1) is 0 Å². The number of nitrogens with zero attached hydrogens (tertiary/aromatic N) is 3. The van der Waals surface area contributed by atoms with Crippen molar-refractivity contribution in [3.63, 3.8) is 0 Å². The number of aliphatic hydroxyl groups excluding tert-OH is 1. The number of hydrogen-bond acceptors (Lipinski definition) is 6. The molecule has 0 bridgehead atoms. The summed E-state index contributed by atoms with van der Waals surface area (Å²) in [6, 6.07) is 5.75. The monoisotopic (exact) mass is 362 g/mol. The lowest BCUT2D eigenvalue weighted by atomic mass is 10.1. The van der Waals surface area contributed by atoms with Crippen LogP contribution in [-0.4, -0.2) is 69.1 Å². The Morgan fingerprint density at radius 2 is 2.28 bits per heavy atom. The van der Waals surface area contributed by atoms with E-state index in [1.807, 2.05) is 6.07 Å². The molecule has 0 aromatic carbocycles. The standard InChI is InChI=1S/C17H22N4O3S/c1-12(23)15-9-16(19-18-15)17(24)21-6-5-20(13(10-21)4-7-22)11-14-3-2-8-25-14/h2-3,8-9,13,22H,4-7,10-11H2,1H3,(H,18,19). The summed E-state index contributed by atoms with van der Waals surface area (Å²) < 4.78 is 0. The van der Waals surface area contributed by atoms with Crippen LogP contribution in [0.1, 0.15) is 39.2 Å². The largest absolute Gasteiger partial charge is 0.396 e. The third kappa shape index (κ3) is 4.15. The van der Waals surface area contributed by atoms with Crippen molar-refractivity contribution in [2.45, 2.75) is 25.9 Å². The highest BCUT2D eigenvalue weighted by atomic mass is 32.1. The second-order valence-corrected chi connectivity index (χ2v) is 7.22. The van der Waals surface area contributed by atoms with Gasteiger partial charge in [-0.2, -0.15) is 5.10 Å². The van der Waals surface area contributed by atoms with Crippen LogP contribution in [0.2, 0.25) is 0 Å². The first-order chi connectivity index (χ1) is 12.1. The Morgan fingerprint density at radius 3 is 2.92 bits per heavy atom. The fraction of sp³-hybridized carbons (Fsp3) is 0.471. The molecule has 2 aromatic heterocycles. The number of thiophene rings is 1. The SMILES string of the molecule is CC(=O)c1cc(C(=O)N2CCN(Cc3cccs3)C(CCO)C2)[nH]n1. The Hall–Kier alpha value is -2.03. The smallest absolute Gasteiger partial charge is 0.271 e. The predicted molar refractivity (Wildman–Crippen MR) is 94.7 cm³/mol. The highest BCUT2D eigenvalue weighted by Crippen LogP contribution is 2.20. The van der Waals surface area contributed by atoms with Gasteiger partial charge in [-0.05, 0) is 23.9 Å². The Bertz CT molecular complexity index is 728. The first kappa shape index (κ1) is 17.8. The Morgan fingerprint density at radius 1 is 1.44 bits per heavy atom. The van der Waals surface area contributed by atoms with Crippen molar-refractivity contribution in [1.82, 2.24) is 20.0 Å². The number of aromatic amines is 1. The summed E-state index contributed by atoms with van der Waals surface area (Å²) in [5.74, 6) is -0.326. The molecule has 134 valence electrons. The molecule has 3 rings (SSSR count). The van der Waals surface area contributed by atoms with Gasteiger partial charge >= 0.3 is 0 Å². The van der Waals surface area contributed by atoms with Crippen molar-refractivity contribution in [3.05, 3.63) is 39.8 Å². The molecule has 1 atom stereocenters. The van der Waals surface area contributed by atoms with Gasteiger partial charge in [0.15, 0.2) is 5.78 Å². The molecule has 25 heavy (non-hydrogen) atoms. The van der Waals surface area contributed by atoms with E-state index in [1.165, 1.54) is 17.9 Å². The molecule has 2 aromatic rings. The minimum Gasteiger partial charge on any atom is -0.396 e. The molecule has 8 heteroatoms. The number of H-pyrrole nitrogens is 1. The van der Waals surface area contributed by atoms with Crippen LogP contribution >= 0.6 is 11.3 Å². The van der Waals surface area contributed by atoms with Crippen molar-refractivity contribution in [2.75, 3.05) is 26.2 Å². The number of aromatic nitrogens is 2. The average Bonchev–Trinajstić information content (AvgIpc) is 3.27. The van der Waals surface area contributed by atoms with Gasteiger partial charge in [-0.1, -0.05) is 6.07 Å². The van der Waals surface area contributed by atoms with E-state index in [0.717, 1.165) is 13.1 Å². The van der Waals surface area contributed by atoms with E-state index < -0.39 is 0 Å². The molecule has 0 spiro atoms. The van der Waals surface area contributed by atoms with E-state index in [9.17, 15) is 14.7 Å². The van der Waals surface area contributed by atoms with Crippen molar-refractivity contribution >= 4 is 23.0 Å². The van der Waals surface area contributed by atoms with Crippen molar-refractivity contribution in [3.8, 4) is 0 Å². The number of carbonyl (C=O) groups excluding carboxylic acids is 2. The van der Waals surface area contributed by atoms with Crippen LogP contribution in [-0.2, 0) is 6.54 Å². The molecule has 2 N–H and O–H groups in total. The lowest BCUT2D eigenvalue weighted by Crippen LogP contribution is -2.54. The topological polar surface area (TPSA) is 89.5 Å². The zero-order valence-corrected chi connectivity index (χ0v) is 15.0. The van der Waals surface area contributed by atoms with Gasteiger partial charge in [-0.15, -0.1) is 11.3 Å². The van der Waals surface area contributed by atoms with Crippen molar-refractivity contribution in [1.29, 1.82) is 0 Å². The van der Waals surface area contributed by atoms with Crippen LogP contribution in [0.25, 0.3) is 0 Å². The lowest BCUT2D eigenvalue weighted by molar-refractivity contribution is 0.0394. The predicted octanol–water partition coefficient (Wildman–Crippen LogP) is 1.38. The number of rotatable bonds is 6. The summed E-state index contributed by atoms with van der Waals surface area (Å²) in [4.78, 5) is 29.4. The minimum atomic E-state index is -0.172. The van der Waals surface area contributed by atoms with Crippen LogP contribution in [0.4, 0.5) is 0 Å². The molecule has 0 saturated carbocycles. The highest BCUT2D eigenvalue weighted by Gasteiger charge is 2.30. The van der Waals surface area contributed by atoms with E-state index in [-0.39, 0.29) is 30.0 Å². The Balaban J connectivity index is 1.67. The zero-order chi connectivity index (χ0) is 17.8. The molecule has 7 nitrogen and oxygen atoms in total. The third-order valence-corrected chi connectivity index (χ3v) is 5.32. The normalized spacial score (nSPS) is 18.5. The molecule has 0 radical (unpaired) electrons. The van der Waals surface area contributed by atoms with Crippen LogP contribution in [0.3, 0.4) is 0 Å². The average molecular weight is 362 g/mol. The Kier molecular flexibility index (Phi) is 5.62. The number of ketones is 1. The minimum absolute atomic E-state index is 0.0895. The molecule has 1 aliphatic heterocycles. The number of Topliss-reactive ketones (excluding diaryl/α,β-unsaturated/α-hetero) is 1. The fourth-order valence-corrected chi connectivity index (χ4v) is 3.82. The van der Waals surface area contributed by atoms with Crippen LogP contribution in [0.15, 0.2) is 23.6 Å². The lowest BCUT2D eigenvalue weighted by Gasteiger charge is -2.41. The molecule has 3 heterocycles. The van der Waals surface area contributed by atoms with Gasteiger partial charge in [0.25, 0.3) is 5.91 Å². The first-order valence-corrected chi connectivity index (χ1v) is 9.19. The number of amides is 1. The highest BCUT2D eigenvalue weighted by molar-refractivity contribution is 7.09. The maximum Gasteiger partial charge on any atom is 0.271 e. The number of aliphatic hydroxyl groups is 1. The summed E-state index contributed by atoms with van der Waals surface area (Å²) >= 11 is 1.72. The van der Waals surface area contributed by atoms with Crippen molar-refractivity contribution < 1.29 is 14.7 Å². The second-order valence-electron chi connectivity index (χ2n) is 6.19. The van der Waals surface area contributed by atoms with Crippen LogP contribution < -0.4 is 0 Å². The number of hydrogen-bond donors (Lipinski definition) is 2. The molecule has 1 fully saturated rings. The van der Waals surface area contributed by atoms with Gasteiger partial charge in [0, 0.05) is 50.6 Å². The van der Waals surface area contributed by atoms with E-state index in [2.05, 4.69) is 26.5 Å². The van der Waals surface area contributed by atoms with Gasteiger partial charge in [-0.3, -0.25) is 19.6 Å². The number of nitrogens with one attached hydrogen (secondary N) is 1. The summed E-state index contributed by atoms with van der Waals surface area (Å²) in [7, 11) is 0. The first-order valence-electron chi connectivity index (χ1n) is 8.31. The molecule has 1 unspecified atom stereocenters. The molecule has 1 aliphatic rings. The number of piperazine rings is 1. The van der Waals surface area contributed by atoms with Gasteiger partial charge in [0.1, 0.15) is 11.4 Å². The second kappa shape index (κ2) is 7.90. The molecule has 1 saturated heterocycles. The fourth-order valence-electron chi connectivity index (χ4n) is 3.09. The van der Waals surface area contributed by atoms with E-state index in [4.69, 9.17) is 0 Å². The van der Waals surface area contributed by atoms with E-state index in [0.29, 0.717) is 25.2 Å². The molecular weight excluding hydrogens is 340 g/mol. The van der Waals surface area contributed by atoms with Gasteiger partial charge in [0.2, 0.25) is 0 Å². The van der Waals surface area contributed by atoms with E-state index >= 15 is 0 Å². The van der Waals surface area contributed by atoms with Gasteiger partial charge < -0.3 is 10.0 Å². The number of carbonyl (C=O) groups is 2. The van der Waals surface area contributed by atoms with Crippen LogP contribution in [0.5, 0.6) is 0 Å². The maximum atomic E-state index is 12.7. The summed E-state index contributed by atoms with van der Waals surface area (Å²) in [6.45, 7) is 4.27. The Labute approximate surface area is 150 Å². The summed E-state index contributed by atoms with van der Waals surface area (Å²) in [5.41, 5.74) is 0.603. The molecule has 0 aliphatic carbocycles. The van der Waals surface area contributed by atoms with Gasteiger partial charge in [0.05, 0.1) is 0 Å². The van der Waals surface area contributed by atoms with Crippen molar-refractivity contribution in [2.24, 2.45) is 0 Å². The quantitative estimate of drug-likeness (QED) is 0.758.